The molecular weight excluding hydrogens is 226 g/mol. The van der Waals surface area contributed by atoms with Crippen molar-refractivity contribution in [3.05, 3.63) is 23.3 Å². The van der Waals surface area contributed by atoms with Crippen LogP contribution in [0.3, 0.4) is 0 Å². The van der Waals surface area contributed by atoms with Crippen LogP contribution in [0, 0.1) is 0 Å². The number of ether oxygens (including phenoxy) is 3. The van der Waals surface area contributed by atoms with E-state index >= 15 is 0 Å². The van der Waals surface area contributed by atoms with Crippen molar-refractivity contribution in [3.63, 3.8) is 0 Å². The van der Waals surface area contributed by atoms with Gasteiger partial charge in [0.25, 0.3) is 0 Å². The van der Waals surface area contributed by atoms with Crippen molar-refractivity contribution in [3.8, 4) is 11.5 Å². The first kappa shape index (κ1) is 11.7. The first-order chi connectivity index (χ1) is 8.15. The van der Waals surface area contributed by atoms with Gasteiger partial charge in [0.1, 0.15) is 17.5 Å². The quantitative estimate of drug-likeness (QED) is 0.804. The second kappa shape index (κ2) is 4.60. The summed E-state index contributed by atoms with van der Waals surface area (Å²) in [7, 11) is 1.53. The lowest BCUT2D eigenvalue weighted by Gasteiger charge is -2.23. The van der Waals surface area contributed by atoms with Crippen LogP contribution in [0.15, 0.2) is 12.1 Å². The first-order valence-electron chi connectivity index (χ1n) is 5.04. The molecule has 1 heterocycles. The molecule has 0 bridgehead atoms. The second-order valence-electron chi connectivity index (χ2n) is 3.59. The van der Waals surface area contributed by atoms with Crippen LogP contribution < -0.4 is 15.2 Å². The fraction of sp³-hybridized carbons (Fsp3) is 0.364. The van der Waals surface area contributed by atoms with E-state index in [2.05, 4.69) is 0 Å². The minimum absolute atomic E-state index is 0.0828. The summed E-state index contributed by atoms with van der Waals surface area (Å²) in [6, 6.07) is 2.14. The van der Waals surface area contributed by atoms with Gasteiger partial charge in [0.15, 0.2) is 6.79 Å². The fourth-order valence-corrected chi connectivity index (χ4v) is 1.75. The van der Waals surface area contributed by atoms with Gasteiger partial charge in [-0.3, -0.25) is 4.79 Å². The average Bonchev–Trinajstić information content (AvgIpc) is 2.36. The Balaban J connectivity index is 2.51. The summed E-state index contributed by atoms with van der Waals surface area (Å²) >= 11 is 0. The van der Waals surface area contributed by atoms with Gasteiger partial charge in [0, 0.05) is 5.56 Å². The number of carboxylic acids is 1. The van der Waals surface area contributed by atoms with E-state index in [1.807, 2.05) is 0 Å². The van der Waals surface area contributed by atoms with Crippen molar-refractivity contribution in [2.45, 2.75) is 12.6 Å². The Hall–Kier alpha value is -1.79. The number of benzene rings is 1. The number of carboxylic acid groups (broad SMARTS) is 1. The Kier molecular flexibility index (Phi) is 3.16. The van der Waals surface area contributed by atoms with Gasteiger partial charge in [-0.15, -0.1) is 0 Å². The molecule has 6 nitrogen and oxygen atoms in total. The number of hydrogen-bond acceptors (Lipinski definition) is 5. The van der Waals surface area contributed by atoms with Crippen LogP contribution in [0.5, 0.6) is 11.5 Å². The van der Waals surface area contributed by atoms with E-state index in [9.17, 15) is 4.79 Å². The Bertz CT molecular complexity index is 446. The van der Waals surface area contributed by atoms with Crippen LogP contribution in [-0.4, -0.2) is 25.0 Å². The highest BCUT2D eigenvalue weighted by molar-refractivity contribution is 5.77. The largest absolute Gasteiger partial charge is 0.496 e. The number of hydrogen-bond donors (Lipinski definition) is 2. The highest BCUT2D eigenvalue weighted by Gasteiger charge is 2.25. The Morgan fingerprint density at radius 3 is 3.00 bits per heavy atom. The molecule has 0 aromatic heterocycles. The van der Waals surface area contributed by atoms with E-state index in [1.165, 1.54) is 7.11 Å². The topological polar surface area (TPSA) is 91.0 Å². The molecule has 2 rings (SSSR count). The van der Waals surface area contributed by atoms with Crippen LogP contribution in [0.4, 0.5) is 0 Å². The number of methoxy groups -OCH3 is 1. The maximum absolute atomic E-state index is 10.9. The summed E-state index contributed by atoms with van der Waals surface area (Å²) in [6.45, 7) is 0.401. The monoisotopic (exact) mass is 239 g/mol. The first-order valence-corrected chi connectivity index (χ1v) is 5.04. The minimum atomic E-state index is -1.12. The standard InChI is InChI=1S/C11H13NO5/c1-15-8-3-2-6(9(12)11(13)14)10-7(8)4-16-5-17-10/h2-3,9H,4-5,12H2,1H3,(H,13,14). The summed E-state index contributed by atoms with van der Waals surface area (Å²) in [5.41, 5.74) is 6.71. The van der Waals surface area contributed by atoms with Gasteiger partial charge in [0.05, 0.1) is 19.3 Å². The molecule has 1 unspecified atom stereocenters. The summed E-state index contributed by atoms with van der Waals surface area (Å²) in [5.74, 6) is -0.0565. The summed E-state index contributed by atoms with van der Waals surface area (Å²) in [6.07, 6.45) is 0. The summed E-state index contributed by atoms with van der Waals surface area (Å²) < 4.78 is 15.6. The lowest BCUT2D eigenvalue weighted by molar-refractivity contribution is -0.138. The van der Waals surface area contributed by atoms with E-state index in [4.69, 9.17) is 25.1 Å². The van der Waals surface area contributed by atoms with Crippen molar-refractivity contribution < 1.29 is 24.1 Å². The van der Waals surface area contributed by atoms with E-state index in [0.29, 0.717) is 29.2 Å². The molecule has 0 amide bonds. The van der Waals surface area contributed by atoms with E-state index < -0.39 is 12.0 Å². The van der Waals surface area contributed by atoms with Crippen molar-refractivity contribution in [1.29, 1.82) is 0 Å². The molecule has 6 heteroatoms. The zero-order valence-electron chi connectivity index (χ0n) is 9.30. The van der Waals surface area contributed by atoms with Crippen LogP contribution in [0.1, 0.15) is 17.2 Å². The van der Waals surface area contributed by atoms with Crippen molar-refractivity contribution in [2.24, 2.45) is 5.73 Å². The second-order valence-corrected chi connectivity index (χ2v) is 3.59. The van der Waals surface area contributed by atoms with Crippen LogP contribution >= 0.6 is 0 Å². The molecule has 17 heavy (non-hydrogen) atoms. The Labute approximate surface area is 97.9 Å². The van der Waals surface area contributed by atoms with Gasteiger partial charge >= 0.3 is 5.97 Å². The van der Waals surface area contributed by atoms with Gasteiger partial charge in [-0.1, -0.05) is 0 Å². The number of aliphatic carboxylic acids is 1. The lowest BCUT2D eigenvalue weighted by atomic mass is 10.0. The highest BCUT2D eigenvalue weighted by atomic mass is 16.7. The average molecular weight is 239 g/mol. The predicted octanol–water partition coefficient (Wildman–Crippen LogP) is 0.646. The van der Waals surface area contributed by atoms with Crippen LogP contribution in [-0.2, 0) is 16.1 Å². The van der Waals surface area contributed by atoms with Gasteiger partial charge in [-0.2, -0.15) is 0 Å². The van der Waals surface area contributed by atoms with E-state index in [-0.39, 0.29) is 6.79 Å². The summed E-state index contributed by atoms with van der Waals surface area (Å²) in [5, 5.41) is 8.92. The van der Waals surface area contributed by atoms with Gasteiger partial charge in [-0.25, -0.2) is 0 Å². The third-order valence-electron chi connectivity index (χ3n) is 2.60. The molecule has 1 aromatic rings. The van der Waals surface area contributed by atoms with Gasteiger partial charge < -0.3 is 25.1 Å². The molecule has 1 atom stereocenters. The normalized spacial score (nSPS) is 15.6. The molecule has 0 spiro atoms. The molecule has 3 N–H and O–H groups in total. The minimum Gasteiger partial charge on any atom is -0.496 e. The highest BCUT2D eigenvalue weighted by Crippen LogP contribution is 2.37. The molecule has 1 aliphatic rings. The van der Waals surface area contributed by atoms with Gasteiger partial charge in [0.2, 0.25) is 0 Å². The molecule has 0 saturated heterocycles. The lowest BCUT2D eigenvalue weighted by Crippen LogP contribution is -2.23. The maximum atomic E-state index is 10.9. The van der Waals surface area contributed by atoms with E-state index in [1.54, 1.807) is 12.1 Å². The fourth-order valence-electron chi connectivity index (χ4n) is 1.75. The van der Waals surface area contributed by atoms with E-state index in [0.717, 1.165) is 0 Å². The molecule has 0 radical (unpaired) electrons. The van der Waals surface area contributed by atoms with Crippen molar-refractivity contribution >= 4 is 5.97 Å². The summed E-state index contributed by atoms with van der Waals surface area (Å²) in [4.78, 5) is 10.9. The third-order valence-corrected chi connectivity index (χ3v) is 2.60. The van der Waals surface area contributed by atoms with Crippen molar-refractivity contribution in [1.82, 2.24) is 0 Å². The van der Waals surface area contributed by atoms with Crippen molar-refractivity contribution in [2.75, 3.05) is 13.9 Å². The Morgan fingerprint density at radius 1 is 1.59 bits per heavy atom. The third kappa shape index (κ3) is 2.04. The SMILES string of the molecule is COc1ccc(C(N)C(=O)O)c2c1COCO2. The number of rotatable bonds is 3. The molecular formula is C11H13NO5. The number of nitrogens with two attached hydrogens (primary N) is 1. The van der Waals surface area contributed by atoms with Crippen LogP contribution in [0.2, 0.25) is 0 Å². The smallest absolute Gasteiger partial charge is 0.325 e. The maximum Gasteiger partial charge on any atom is 0.325 e. The molecule has 0 saturated carbocycles. The molecule has 1 aromatic carbocycles. The molecule has 0 aliphatic carbocycles. The predicted molar refractivity (Wildman–Crippen MR) is 57.8 cm³/mol. The number of fused-ring (bicyclic) bond motifs is 1. The molecule has 92 valence electrons. The number of carbonyl (C=O) groups is 1. The molecule has 0 fully saturated rings. The van der Waals surface area contributed by atoms with Gasteiger partial charge in [-0.05, 0) is 12.1 Å². The molecule has 1 aliphatic heterocycles. The zero-order chi connectivity index (χ0) is 12.4. The zero-order valence-corrected chi connectivity index (χ0v) is 9.30. The Morgan fingerprint density at radius 2 is 2.35 bits per heavy atom. The van der Waals surface area contributed by atoms with Crippen LogP contribution in [0.25, 0.3) is 0 Å².